The molecular weight excluding hydrogens is 268 g/mol. The fourth-order valence-electron chi connectivity index (χ4n) is 2.08. The Bertz CT molecular complexity index is 577. The van der Waals surface area contributed by atoms with Gasteiger partial charge in [-0.2, -0.15) is 8.42 Å². The van der Waals surface area contributed by atoms with E-state index < -0.39 is 22.0 Å². The molecule has 0 aliphatic carbocycles. The summed E-state index contributed by atoms with van der Waals surface area (Å²) in [6.45, 7) is 5.82. The van der Waals surface area contributed by atoms with Gasteiger partial charge in [-0.15, -0.1) is 0 Å². The molecule has 1 saturated heterocycles. The highest BCUT2D eigenvalue weighted by atomic mass is 32.2. The summed E-state index contributed by atoms with van der Waals surface area (Å²) in [5.41, 5.74) is 1.53. The normalized spacial score (nSPS) is 22.6. The number of hydrogen-bond donors (Lipinski definition) is 0. The van der Waals surface area contributed by atoms with Crippen LogP contribution in [0.15, 0.2) is 23.1 Å². The minimum absolute atomic E-state index is 0.131. The molecule has 6 heteroatoms. The van der Waals surface area contributed by atoms with Crippen molar-refractivity contribution >= 4 is 10.1 Å². The van der Waals surface area contributed by atoms with E-state index >= 15 is 0 Å². The zero-order valence-corrected chi connectivity index (χ0v) is 12.3. The number of hydrogen-bond acceptors (Lipinski definition) is 5. The predicted octanol–water partition coefficient (Wildman–Crippen LogP) is 2.15. The Labute approximate surface area is 113 Å². The van der Waals surface area contributed by atoms with Crippen LogP contribution in [0.3, 0.4) is 0 Å². The molecule has 1 fully saturated rings. The van der Waals surface area contributed by atoms with Crippen LogP contribution in [0.2, 0.25) is 0 Å². The van der Waals surface area contributed by atoms with Crippen molar-refractivity contribution in [2.75, 3.05) is 13.7 Å². The first-order valence-electron chi connectivity index (χ1n) is 5.98. The molecule has 1 aliphatic heterocycles. The molecule has 0 unspecified atom stereocenters. The van der Waals surface area contributed by atoms with Gasteiger partial charge >= 0.3 is 0 Å². The van der Waals surface area contributed by atoms with Crippen LogP contribution in [0.4, 0.5) is 0 Å². The maximum atomic E-state index is 11.9. The van der Waals surface area contributed by atoms with Gasteiger partial charge < -0.3 is 9.47 Å². The minimum atomic E-state index is -3.76. The maximum Gasteiger partial charge on any atom is 0.297 e. The fraction of sp³-hybridized carbons (Fsp3) is 0.538. The molecule has 0 N–H and O–H groups in total. The molecule has 1 heterocycles. The Morgan fingerprint density at radius 3 is 2.58 bits per heavy atom. The maximum absolute atomic E-state index is 11.9. The predicted molar refractivity (Wildman–Crippen MR) is 69.2 cm³/mol. The third kappa shape index (κ3) is 2.97. The molecule has 0 saturated carbocycles. The zero-order chi connectivity index (χ0) is 14.3. The van der Waals surface area contributed by atoms with E-state index in [0.717, 1.165) is 12.7 Å². The topological polar surface area (TPSA) is 61.8 Å². The van der Waals surface area contributed by atoms with Gasteiger partial charge in [-0.1, -0.05) is 17.7 Å². The molecule has 1 aromatic carbocycles. The minimum Gasteiger partial charge on any atom is -0.347 e. The molecule has 0 spiro atoms. The number of ether oxygens (including phenoxy) is 2. The van der Waals surface area contributed by atoms with Gasteiger partial charge in [0.2, 0.25) is 0 Å². The summed E-state index contributed by atoms with van der Waals surface area (Å²) in [5.74, 6) is -0.706. The van der Waals surface area contributed by atoms with E-state index in [0.29, 0.717) is 12.2 Å². The lowest BCUT2D eigenvalue weighted by Gasteiger charge is -2.19. The van der Waals surface area contributed by atoms with Crippen LogP contribution in [0.25, 0.3) is 0 Å². The largest absolute Gasteiger partial charge is 0.347 e. The second-order valence-corrected chi connectivity index (χ2v) is 6.66. The summed E-state index contributed by atoms with van der Waals surface area (Å²) >= 11 is 0. The summed E-state index contributed by atoms with van der Waals surface area (Å²) < 4.78 is 39.7. The Balaban J connectivity index is 2.48. The Morgan fingerprint density at radius 1 is 1.37 bits per heavy atom. The Kier molecular flexibility index (Phi) is 3.70. The average molecular weight is 286 g/mol. The van der Waals surface area contributed by atoms with Crippen LogP contribution >= 0.6 is 0 Å². The molecule has 19 heavy (non-hydrogen) atoms. The monoisotopic (exact) mass is 286 g/mol. The van der Waals surface area contributed by atoms with Crippen LogP contribution in [-0.2, 0) is 23.8 Å². The lowest BCUT2D eigenvalue weighted by atomic mass is 10.1. The van der Waals surface area contributed by atoms with Crippen molar-refractivity contribution in [3.63, 3.8) is 0 Å². The number of aryl methyl sites for hydroxylation is 1. The van der Waals surface area contributed by atoms with E-state index in [-0.39, 0.29) is 4.90 Å². The molecule has 0 amide bonds. The lowest BCUT2D eigenvalue weighted by molar-refractivity contribution is -0.139. The van der Waals surface area contributed by atoms with E-state index in [1.54, 1.807) is 26.0 Å². The summed E-state index contributed by atoms with van der Waals surface area (Å²) in [6.07, 6.45) is -0.408. The third-order valence-electron chi connectivity index (χ3n) is 3.01. The van der Waals surface area contributed by atoms with Gasteiger partial charge in [0.15, 0.2) is 5.79 Å². The van der Waals surface area contributed by atoms with E-state index in [1.165, 1.54) is 6.07 Å². The third-order valence-corrected chi connectivity index (χ3v) is 4.36. The molecule has 106 valence electrons. The summed E-state index contributed by atoms with van der Waals surface area (Å²) in [7, 11) is -2.61. The summed E-state index contributed by atoms with van der Waals surface area (Å²) in [6, 6.07) is 5.07. The first-order valence-corrected chi connectivity index (χ1v) is 7.39. The zero-order valence-electron chi connectivity index (χ0n) is 11.5. The molecule has 5 nitrogen and oxygen atoms in total. The fourth-order valence-corrected chi connectivity index (χ4v) is 2.97. The summed E-state index contributed by atoms with van der Waals surface area (Å²) in [4.78, 5) is 0.131. The van der Waals surface area contributed by atoms with Crippen molar-refractivity contribution in [3.8, 4) is 0 Å². The van der Waals surface area contributed by atoms with Crippen molar-refractivity contribution in [1.29, 1.82) is 0 Å². The highest BCUT2D eigenvalue weighted by molar-refractivity contribution is 7.86. The van der Waals surface area contributed by atoms with Gasteiger partial charge in [-0.3, -0.25) is 4.18 Å². The van der Waals surface area contributed by atoms with Crippen LogP contribution in [0.5, 0.6) is 0 Å². The number of benzene rings is 1. The molecule has 1 aromatic rings. The van der Waals surface area contributed by atoms with Crippen molar-refractivity contribution in [2.24, 2.45) is 0 Å². The van der Waals surface area contributed by atoms with Gasteiger partial charge in [-0.05, 0) is 26.8 Å². The van der Waals surface area contributed by atoms with Crippen molar-refractivity contribution in [2.45, 2.75) is 37.6 Å². The first-order chi connectivity index (χ1) is 8.75. The average Bonchev–Trinajstić information content (AvgIpc) is 2.69. The molecule has 0 radical (unpaired) electrons. The Morgan fingerprint density at radius 2 is 2.05 bits per heavy atom. The van der Waals surface area contributed by atoms with E-state index in [2.05, 4.69) is 4.18 Å². The second-order valence-electron chi connectivity index (χ2n) is 4.98. The molecule has 2 rings (SSSR count). The standard InChI is InChI=1S/C13H18O5S/c1-9-5-6-12(19(14,15)16-4)10(7-9)11-8-17-13(2,3)18-11/h5-7,11H,8H2,1-4H3/t11-/m1/s1. The van der Waals surface area contributed by atoms with Crippen molar-refractivity contribution in [3.05, 3.63) is 29.3 Å². The first kappa shape index (κ1) is 14.5. The molecular formula is C13H18O5S. The van der Waals surface area contributed by atoms with Crippen LogP contribution in [0, 0.1) is 6.92 Å². The van der Waals surface area contributed by atoms with Crippen LogP contribution in [-0.4, -0.2) is 27.9 Å². The van der Waals surface area contributed by atoms with E-state index in [9.17, 15) is 8.42 Å². The van der Waals surface area contributed by atoms with Gasteiger partial charge in [0, 0.05) is 5.56 Å². The van der Waals surface area contributed by atoms with E-state index in [4.69, 9.17) is 9.47 Å². The van der Waals surface area contributed by atoms with Crippen LogP contribution < -0.4 is 0 Å². The van der Waals surface area contributed by atoms with Gasteiger partial charge in [0.25, 0.3) is 10.1 Å². The molecule has 1 atom stereocenters. The smallest absolute Gasteiger partial charge is 0.297 e. The molecule has 0 bridgehead atoms. The van der Waals surface area contributed by atoms with Crippen LogP contribution in [0.1, 0.15) is 31.1 Å². The SMILES string of the molecule is COS(=O)(=O)c1ccc(C)cc1[C@H]1COC(C)(C)O1. The van der Waals surface area contributed by atoms with Crippen molar-refractivity contribution in [1.82, 2.24) is 0 Å². The summed E-state index contributed by atoms with van der Waals surface area (Å²) in [5, 5.41) is 0. The Hall–Kier alpha value is -0.950. The molecule has 1 aliphatic rings. The van der Waals surface area contributed by atoms with Gasteiger partial charge in [-0.25, -0.2) is 0 Å². The highest BCUT2D eigenvalue weighted by Gasteiger charge is 2.36. The molecule has 0 aromatic heterocycles. The highest BCUT2D eigenvalue weighted by Crippen LogP contribution is 2.36. The lowest BCUT2D eigenvalue weighted by Crippen LogP contribution is -2.20. The van der Waals surface area contributed by atoms with Gasteiger partial charge in [0.1, 0.15) is 6.10 Å². The van der Waals surface area contributed by atoms with E-state index in [1.807, 2.05) is 6.92 Å². The second kappa shape index (κ2) is 4.86. The van der Waals surface area contributed by atoms with Gasteiger partial charge in [0.05, 0.1) is 18.6 Å². The number of rotatable bonds is 3. The van der Waals surface area contributed by atoms with Crippen molar-refractivity contribution < 1.29 is 22.1 Å². The quantitative estimate of drug-likeness (QED) is 0.797.